The number of rotatable bonds is 1. The van der Waals surface area contributed by atoms with Gasteiger partial charge in [-0.15, -0.1) is 0 Å². The first-order valence-electron chi connectivity index (χ1n) is 3.59. The molecule has 0 unspecified atom stereocenters. The molecular formula is C9H10Cl2. The average molecular weight is 189 g/mol. The zero-order valence-corrected chi connectivity index (χ0v) is 8.13. The molecule has 0 atom stereocenters. The summed E-state index contributed by atoms with van der Waals surface area (Å²) in [7, 11) is 0. The van der Waals surface area contributed by atoms with Gasteiger partial charge in [0.2, 0.25) is 0 Å². The second-order valence-electron chi connectivity index (χ2n) is 2.54. The van der Waals surface area contributed by atoms with Gasteiger partial charge in [-0.1, -0.05) is 30.1 Å². The van der Waals surface area contributed by atoms with E-state index in [4.69, 9.17) is 23.2 Å². The summed E-state index contributed by atoms with van der Waals surface area (Å²) in [5.74, 6) is 0. The van der Waals surface area contributed by atoms with E-state index in [1.807, 2.05) is 13.0 Å². The quantitative estimate of drug-likeness (QED) is 0.629. The van der Waals surface area contributed by atoms with Crippen LogP contribution >= 0.6 is 23.2 Å². The molecule has 0 radical (unpaired) electrons. The molecule has 0 bridgehead atoms. The second-order valence-corrected chi connectivity index (χ2v) is 3.38. The first-order valence-corrected chi connectivity index (χ1v) is 4.35. The molecule has 0 fully saturated rings. The third-order valence-corrected chi connectivity index (χ3v) is 2.29. The maximum Gasteiger partial charge on any atom is 0.0455 e. The number of hydrogen-bond acceptors (Lipinski definition) is 0. The molecule has 60 valence electrons. The summed E-state index contributed by atoms with van der Waals surface area (Å²) in [5.41, 5.74) is 2.36. The topological polar surface area (TPSA) is 0 Å². The fourth-order valence-corrected chi connectivity index (χ4v) is 1.91. The van der Waals surface area contributed by atoms with Crippen molar-refractivity contribution < 1.29 is 0 Å². The summed E-state index contributed by atoms with van der Waals surface area (Å²) in [6.45, 7) is 4.11. The Morgan fingerprint density at radius 2 is 1.91 bits per heavy atom. The van der Waals surface area contributed by atoms with Crippen LogP contribution in [0.5, 0.6) is 0 Å². The van der Waals surface area contributed by atoms with E-state index in [2.05, 4.69) is 6.92 Å². The molecule has 0 spiro atoms. The predicted octanol–water partition coefficient (Wildman–Crippen LogP) is 3.86. The molecule has 2 heteroatoms. The zero-order valence-electron chi connectivity index (χ0n) is 6.62. The van der Waals surface area contributed by atoms with Crippen molar-refractivity contribution in [1.29, 1.82) is 0 Å². The molecule has 0 aliphatic heterocycles. The molecule has 1 aromatic carbocycles. The van der Waals surface area contributed by atoms with Crippen LogP contribution in [0.2, 0.25) is 10.0 Å². The van der Waals surface area contributed by atoms with Crippen molar-refractivity contribution in [3.05, 3.63) is 33.3 Å². The van der Waals surface area contributed by atoms with Gasteiger partial charge >= 0.3 is 0 Å². The van der Waals surface area contributed by atoms with Crippen LogP contribution < -0.4 is 0 Å². The molecule has 1 rings (SSSR count). The molecule has 0 saturated carbocycles. The number of benzene rings is 1. The molecule has 0 aliphatic rings. The lowest BCUT2D eigenvalue weighted by Gasteiger charge is -2.05. The van der Waals surface area contributed by atoms with E-state index in [0.29, 0.717) is 5.02 Å². The Balaban J connectivity index is 3.25. The Hall–Kier alpha value is -0.200. The van der Waals surface area contributed by atoms with Crippen LogP contribution in [-0.4, -0.2) is 0 Å². The van der Waals surface area contributed by atoms with Crippen LogP contribution in [0, 0.1) is 6.92 Å². The highest BCUT2D eigenvalue weighted by Crippen LogP contribution is 2.24. The minimum atomic E-state index is 0.713. The number of halogens is 2. The van der Waals surface area contributed by atoms with E-state index in [-0.39, 0.29) is 0 Å². The van der Waals surface area contributed by atoms with Crippen LogP contribution in [0.1, 0.15) is 18.1 Å². The maximum atomic E-state index is 5.95. The lowest BCUT2D eigenvalue weighted by Crippen LogP contribution is -1.87. The Morgan fingerprint density at radius 1 is 1.27 bits per heavy atom. The van der Waals surface area contributed by atoms with Crippen molar-refractivity contribution in [2.75, 3.05) is 0 Å². The molecule has 0 aromatic heterocycles. The molecular weight excluding hydrogens is 179 g/mol. The number of hydrogen-bond donors (Lipinski definition) is 0. The standard InChI is InChI=1S/C9H10Cl2/c1-3-8-6(2)4-7(10)5-9(8)11/h4-5H,3H2,1-2H3. The second kappa shape index (κ2) is 3.46. The van der Waals surface area contributed by atoms with Gasteiger partial charge in [0.15, 0.2) is 0 Å². The normalized spacial score (nSPS) is 10.2. The average Bonchev–Trinajstić information content (AvgIpc) is 1.85. The van der Waals surface area contributed by atoms with Crippen molar-refractivity contribution in [3.63, 3.8) is 0 Å². The fourth-order valence-electron chi connectivity index (χ4n) is 1.18. The Morgan fingerprint density at radius 3 is 2.36 bits per heavy atom. The molecule has 0 aliphatic carbocycles. The molecule has 1 aromatic rings. The largest absolute Gasteiger partial charge is 0.0843 e. The van der Waals surface area contributed by atoms with Gasteiger partial charge in [0.1, 0.15) is 0 Å². The van der Waals surface area contributed by atoms with E-state index < -0.39 is 0 Å². The van der Waals surface area contributed by atoms with Crippen molar-refractivity contribution in [2.45, 2.75) is 20.3 Å². The molecule has 11 heavy (non-hydrogen) atoms. The van der Waals surface area contributed by atoms with Crippen molar-refractivity contribution in [3.8, 4) is 0 Å². The van der Waals surface area contributed by atoms with Crippen molar-refractivity contribution in [2.24, 2.45) is 0 Å². The monoisotopic (exact) mass is 188 g/mol. The van der Waals surface area contributed by atoms with Gasteiger partial charge in [-0.25, -0.2) is 0 Å². The van der Waals surface area contributed by atoms with Crippen LogP contribution in [0.3, 0.4) is 0 Å². The fraction of sp³-hybridized carbons (Fsp3) is 0.333. The minimum Gasteiger partial charge on any atom is -0.0843 e. The van der Waals surface area contributed by atoms with Gasteiger partial charge in [-0.2, -0.15) is 0 Å². The van der Waals surface area contributed by atoms with Crippen molar-refractivity contribution >= 4 is 23.2 Å². The van der Waals surface area contributed by atoms with E-state index in [1.54, 1.807) is 6.07 Å². The third kappa shape index (κ3) is 1.88. The molecule has 0 nitrogen and oxygen atoms in total. The van der Waals surface area contributed by atoms with Gasteiger partial charge in [-0.3, -0.25) is 0 Å². The van der Waals surface area contributed by atoms with E-state index in [9.17, 15) is 0 Å². The first-order chi connectivity index (χ1) is 5.15. The summed E-state index contributed by atoms with van der Waals surface area (Å²) in [4.78, 5) is 0. The van der Waals surface area contributed by atoms with Gasteiger partial charge in [0.05, 0.1) is 0 Å². The van der Waals surface area contributed by atoms with Gasteiger partial charge in [0.25, 0.3) is 0 Å². The van der Waals surface area contributed by atoms with Crippen molar-refractivity contribution in [1.82, 2.24) is 0 Å². The van der Waals surface area contributed by atoms with E-state index in [1.165, 1.54) is 11.1 Å². The molecule has 0 saturated heterocycles. The molecule has 0 N–H and O–H groups in total. The maximum absolute atomic E-state index is 5.95. The summed E-state index contributed by atoms with van der Waals surface area (Å²) >= 11 is 11.7. The third-order valence-electron chi connectivity index (χ3n) is 1.74. The van der Waals surface area contributed by atoms with E-state index >= 15 is 0 Å². The Bertz CT molecular complexity index is 243. The van der Waals surface area contributed by atoms with Gasteiger partial charge in [-0.05, 0) is 36.6 Å². The summed E-state index contributed by atoms with van der Waals surface area (Å²) < 4.78 is 0. The molecule has 0 amide bonds. The van der Waals surface area contributed by atoms with E-state index in [0.717, 1.165) is 11.4 Å². The van der Waals surface area contributed by atoms with Crippen LogP contribution in [0.15, 0.2) is 12.1 Å². The number of aryl methyl sites for hydroxylation is 1. The zero-order chi connectivity index (χ0) is 8.43. The summed E-state index contributed by atoms with van der Waals surface area (Å²) in [5, 5.41) is 1.49. The highest BCUT2D eigenvalue weighted by molar-refractivity contribution is 6.35. The van der Waals surface area contributed by atoms with Crippen LogP contribution in [0.4, 0.5) is 0 Å². The smallest absolute Gasteiger partial charge is 0.0455 e. The van der Waals surface area contributed by atoms with Crippen LogP contribution in [0.25, 0.3) is 0 Å². The summed E-state index contributed by atoms with van der Waals surface area (Å²) in [6.07, 6.45) is 0.960. The lowest BCUT2D eigenvalue weighted by atomic mass is 10.1. The van der Waals surface area contributed by atoms with Gasteiger partial charge in [0, 0.05) is 10.0 Å². The first kappa shape index (κ1) is 8.89. The molecule has 0 heterocycles. The van der Waals surface area contributed by atoms with Crippen LogP contribution in [-0.2, 0) is 6.42 Å². The minimum absolute atomic E-state index is 0.713. The highest BCUT2D eigenvalue weighted by atomic mass is 35.5. The Kier molecular flexibility index (Phi) is 2.80. The SMILES string of the molecule is CCc1c(C)cc(Cl)cc1Cl. The Labute approximate surface area is 77.1 Å². The van der Waals surface area contributed by atoms with Gasteiger partial charge < -0.3 is 0 Å². The predicted molar refractivity (Wildman–Crippen MR) is 50.6 cm³/mol. The lowest BCUT2D eigenvalue weighted by molar-refractivity contribution is 1.11. The summed E-state index contributed by atoms with van der Waals surface area (Å²) in [6, 6.07) is 3.72. The highest BCUT2D eigenvalue weighted by Gasteiger charge is 2.02.